The van der Waals surface area contributed by atoms with Gasteiger partial charge < -0.3 is 16.2 Å². The molecule has 6 heteroatoms. The first-order valence-corrected chi connectivity index (χ1v) is 5.51. The van der Waals surface area contributed by atoms with Crippen molar-refractivity contribution in [2.75, 3.05) is 12.3 Å². The van der Waals surface area contributed by atoms with Gasteiger partial charge in [0.25, 0.3) is 5.91 Å². The Hall–Kier alpha value is -2.50. The smallest absolute Gasteiger partial charge is 0.253 e. The summed E-state index contributed by atoms with van der Waals surface area (Å²) in [5, 5.41) is 16.0. The molecule has 0 aliphatic rings. The number of anilines is 1. The first-order chi connectivity index (χ1) is 8.66. The van der Waals surface area contributed by atoms with E-state index in [0.29, 0.717) is 18.8 Å². The fourth-order valence-electron chi connectivity index (χ4n) is 1.55. The standard InChI is InChI=1S/C12H14N4O2/c13-11-3-2-9(17)8-10(11)12(18)14-5-7-16-6-1-4-15-16/h1-4,6,8,17H,5,7,13H2,(H,14,18). The number of amides is 1. The van der Waals surface area contributed by atoms with Crippen LogP contribution in [0.1, 0.15) is 10.4 Å². The van der Waals surface area contributed by atoms with Gasteiger partial charge in [0.2, 0.25) is 0 Å². The number of aromatic nitrogens is 2. The van der Waals surface area contributed by atoms with E-state index in [2.05, 4.69) is 10.4 Å². The predicted octanol–water partition coefficient (Wildman–Crippen LogP) is 0.601. The van der Waals surface area contributed by atoms with E-state index in [1.165, 1.54) is 18.2 Å². The number of nitrogen functional groups attached to an aromatic ring is 1. The molecule has 4 N–H and O–H groups in total. The molecule has 0 atom stereocenters. The quantitative estimate of drug-likeness (QED) is 0.544. The van der Waals surface area contributed by atoms with Gasteiger partial charge in [0.1, 0.15) is 5.75 Å². The summed E-state index contributed by atoms with van der Waals surface area (Å²) >= 11 is 0. The van der Waals surface area contributed by atoms with Crippen molar-refractivity contribution in [1.82, 2.24) is 15.1 Å². The maximum absolute atomic E-state index is 11.8. The monoisotopic (exact) mass is 246 g/mol. The second-order valence-electron chi connectivity index (χ2n) is 3.80. The SMILES string of the molecule is Nc1ccc(O)cc1C(=O)NCCn1cccn1. The van der Waals surface area contributed by atoms with Gasteiger partial charge in [0, 0.05) is 24.6 Å². The van der Waals surface area contributed by atoms with E-state index in [1.54, 1.807) is 10.9 Å². The molecule has 2 rings (SSSR count). The van der Waals surface area contributed by atoms with Crippen LogP contribution in [0.4, 0.5) is 5.69 Å². The number of rotatable bonds is 4. The van der Waals surface area contributed by atoms with Crippen molar-refractivity contribution in [3.8, 4) is 5.75 Å². The third-order valence-corrected chi connectivity index (χ3v) is 2.47. The highest BCUT2D eigenvalue weighted by molar-refractivity contribution is 5.99. The van der Waals surface area contributed by atoms with Crippen molar-refractivity contribution in [3.63, 3.8) is 0 Å². The summed E-state index contributed by atoms with van der Waals surface area (Å²) < 4.78 is 1.71. The van der Waals surface area contributed by atoms with Crippen molar-refractivity contribution >= 4 is 11.6 Å². The topological polar surface area (TPSA) is 93.2 Å². The average Bonchev–Trinajstić information content (AvgIpc) is 2.85. The lowest BCUT2D eigenvalue weighted by Gasteiger charge is -2.08. The van der Waals surface area contributed by atoms with Crippen LogP contribution in [0.15, 0.2) is 36.7 Å². The third kappa shape index (κ3) is 2.79. The van der Waals surface area contributed by atoms with Gasteiger partial charge in [-0.1, -0.05) is 0 Å². The largest absolute Gasteiger partial charge is 0.508 e. The number of carbonyl (C=O) groups is 1. The highest BCUT2D eigenvalue weighted by Crippen LogP contribution is 2.17. The predicted molar refractivity (Wildman–Crippen MR) is 67.1 cm³/mol. The Bertz CT molecular complexity index is 537. The van der Waals surface area contributed by atoms with Gasteiger partial charge in [-0.3, -0.25) is 9.48 Å². The van der Waals surface area contributed by atoms with E-state index in [0.717, 1.165) is 0 Å². The molecule has 0 radical (unpaired) electrons. The van der Waals surface area contributed by atoms with Gasteiger partial charge in [-0.15, -0.1) is 0 Å². The molecule has 2 aromatic rings. The number of benzene rings is 1. The van der Waals surface area contributed by atoms with Gasteiger partial charge in [-0.25, -0.2) is 0 Å². The van der Waals surface area contributed by atoms with Gasteiger partial charge >= 0.3 is 0 Å². The second kappa shape index (κ2) is 5.22. The molecule has 0 fully saturated rings. The Labute approximate surface area is 104 Å². The number of aromatic hydroxyl groups is 1. The number of nitrogens with one attached hydrogen (secondary N) is 1. The molecular weight excluding hydrogens is 232 g/mol. The maximum atomic E-state index is 11.8. The molecule has 1 heterocycles. The zero-order valence-corrected chi connectivity index (χ0v) is 9.71. The number of hydrogen-bond acceptors (Lipinski definition) is 4. The lowest BCUT2D eigenvalue weighted by molar-refractivity contribution is 0.0952. The van der Waals surface area contributed by atoms with Crippen LogP contribution in [-0.4, -0.2) is 27.3 Å². The van der Waals surface area contributed by atoms with Crippen LogP contribution in [0.5, 0.6) is 5.75 Å². The summed E-state index contributed by atoms with van der Waals surface area (Å²) in [5.74, 6) is -0.294. The Morgan fingerprint density at radius 2 is 2.33 bits per heavy atom. The van der Waals surface area contributed by atoms with E-state index >= 15 is 0 Å². The first-order valence-electron chi connectivity index (χ1n) is 5.51. The fraction of sp³-hybridized carbons (Fsp3) is 0.167. The molecular formula is C12H14N4O2. The first kappa shape index (κ1) is 12.0. The fourth-order valence-corrected chi connectivity index (χ4v) is 1.55. The van der Waals surface area contributed by atoms with Gasteiger partial charge in [-0.05, 0) is 24.3 Å². The Morgan fingerprint density at radius 3 is 3.06 bits per heavy atom. The van der Waals surface area contributed by atoms with Crippen LogP contribution in [0.3, 0.4) is 0 Å². The normalized spacial score (nSPS) is 10.2. The van der Waals surface area contributed by atoms with Gasteiger partial charge in [-0.2, -0.15) is 5.10 Å². The van der Waals surface area contributed by atoms with Crippen LogP contribution >= 0.6 is 0 Å². The maximum Gasteiger partial charge on any atom is 0.253 e. The molecule has 0 bridgehead atoms. The molecule has 94 valence electrons. The van der Waals surface area contributed by atoms with E-state index in [1.807, 2.05) is 12.3 Å². The summed E-state index contributed by atoms with van der Waals surface area (Å²) in [7, 11) is 0. The van der Waals surface area contributed by atoms with Crippen LogP contribution in [-0.2, 0) is 6.54 Å². The average molecular weight is 246 g/mol. The van der Waals surface area contributed by atoms with Crippen molar-refractivity contribution in [2.45, 2.75) is 6.54 Å². The van der Waals surface area contributed by atoms with E-state index in [-0.39, 0.29) is 17.2 Å². The van der Waals surface area contributed by atoms with E-state index in [9.17, 15) is 9.90 Å². The molecule has 0 aliphatic carbocycles. The van der Waals surface area contributed by atoms with Gasteiger partial charge in [0.15, 0.2) is 0 Å². The Morgan fingerprint density at radius 1 is 1.50 bits per heavy atom. The molecule has 0 saturated carbocycles. The zero-order valence-electron chi connectivity index (χ0n) is 9.71. The van der Waals surface area contributed by atoms with Gasteiger partial charge in [0.05, 0.1) is 12.1 Å². The summed E-state index contributed by atoms with van der Waals surface area (Å²) in [6, 6.07) is 6.10. The minimum Gasteiger partial charge on any atom is -0.508 e. The summed E-state index contributed by atoms with van der Waals surface area (Å²) in [5.41, 5.74) is 6.28. The van der Waals surface area contributed by atoms with E-state index < -0.39 is 0 Å². The molecule has 18 heavy (non-hydrogen) atoms. The molecule has 0 saturated heterocycles. The highest BCUT2D eigenvalue weighted by Gasteiger charge is 2.09. The minimum absolute atomic E-state index is 0.0152. The Kier molecular flexibility index (Phi) is 3.47. The van der Waals surface area contributed by atoms with Crippen molar-refractivity contribution in [3.05, 3.63) is 42.2 Å². The summed E-state index contributed by atoms with van der Waals surface area (Å²) in [6.07, 6.45) is 3.49. The molecule has 0 spiro atoms. The Balaban J connectivity index is 1.93. The molecule has 1 amide bonds. The van der Waals surface area contributed by atoms with Crippen LogP contribution in [0.25, 0.3) is 0 Å². The molecule has 1 aromatic carbocycles. The molecule has 6 nitrogen and oxygen atoms in total. The zero-order chi connectivity index (χ0) is 13.0. The molecule has 0 aliphatic heterocycles. The summed E-state index contributed by atoms with van der Waals surface area (Å²) in [6.45, 7) is 1.02. The number of nitrogens with two attached hydrogens (primary N) is 1. The second-order valence-corrected chi connectivity index (χ2v) is 3.80. The number of phenols is 1. The molecule has 0 unspecified atom stereocenters. The number of carbonyl (C=O) groups excluding carboxylic acids is 1. The lowest BCUT2D eigenvalue weighted by Crippen LogP contribution is -2.28. The highest BCUT2D eigenvalue weighted by atomic mass is 16.3. The molecule has 1 aromatic heterocycles. The van der Waals surface area contributed by atoms with Crippen molar-refractivity contribution in [1.29, 1.82) is 0 Å². The lowest BCUT2D eigenvalue weighted by atomic mass is 10.1. The number of nitrogens with zero attached hydrogens (tertiary/aromatic N) is 2. The van der Waals surface area contributed by atoms with Crippen molar-refractivity contribution in [2.24, 2.45) is 0 Å². The minimum atomic E-state index is -0.310. The third-order valence-electron chi connectivity index (χ3n) is 2.47. The van der Waals surface area contributed by atoms with Crippen LogP contribution < -0.4 is 11.1 Å². The number of phenolic OH excluding ortho intramolecular Hbond substituents is 1. The van der Waals surface area contributed by atoms with E-state index in [4.69, 9.17) is 5.73 Å². The van der Waals surface area contributed by atoms with Crippen LogP contribution in [0.2, 0.25) is 0 Å². The van der Waals surface area contributed by atoms with Crippen LogP contribution in [0, 0.1) is 0 Å². The summed E-state index contributed by atoms with van der Waals surface area (Å²) in [4.78, 5) is 11.8. The van der Waals surface area contributed by atoms with Crippen molar-refractivity contribution < 1.29 is 9.90 Å². The number of hydrogen-bond donors (Lipinski definition) is 3.